The van der Waals surface area contributed by atoms with Gasteiger partial charge in [-0.1, -0.05) is 46.9 Å². The first-order chi connectivity index (χ1) is 9.02. The van der Waals surface area contributed by atoms with Crippen molar-refractivity contribution in [3.8, 4) is 6.07 Å². The molecule has 0 amide bonds. The first kappa shape index (κ1) is 14.4. The third-order valence-corrected chi connectivity index (χ3v) is 4.26. The van der Waals surface area contributed by atoms with E-state index in [0.717, 1.165) is 11.3 Å². The highest BCUT2D eigenvalue weighted by atomic mass is 35.5. The van der Waals surface area contributed by atoms with Crippen molar-refractivity contribution in [1.29, 1.82) is 5.26 Å². The third kappa shape index (κ3) is 3.10. The van der Waals surface area contributed by atoms with Gasteiger partial charge in [-0.2, -0.15) is 5.26 Å². The van der Waals surface area contributed by atoms with Crippen molar-refractivity contribution in [3.63, 3.8) is 0 Å². The molecule has 0 aliphatic heterocycles. The molecule has 0 spiro atoms. The van der Waals surface area contributed by atoms with Crippen molar-refractivity contribution >= 4 is 51.9 Å². The van der Waals surface area contributed by atoms with Gasteiger partial charge in [0.15, 0.2) is 5.78 Å². The van der Waals surface area contributed by atoms with Crippen molar-refractivity contribution in [3.05, 3.63) is 55.2 Å². The zero-order valence-electron chi connectivity index (χ0n) is 9.36. The van der Waals surface area contributed by atoms with E-state index >= 15 is 0 Å². The molecule has 1 heterocycles. The summed E-state index contributed by atoms with van der Waals surface area (Å²) in [5.74, 6) is -1.28. The molecule has 0 bridgehead atoms. The second-order valence-corrected chi connectivity index (χ2v) is 6.44. The largest absolute Gasteiger partial charge is 0.292 e. The van der Waals surface area contributed by atoms with Crippen LogP contribution < -0.4 is 0 Å². The van der Waals surface area contributed by atoms with Crippen LogP contribution in [0.25, 0.3) is 0 Å². The van der Waals surface area contributed by atoms with Crippen LogP contribution >= 0.6 is 46.1 Å². The fourth-order valence-corrected chi connectivity index (χ4v) is 3.20. The van der Waals surface area contributed by atoms with Crippen LogP contribution in [0.1, 0.15) is 21.8 Å². The maximum absolute atomic E-state index is 12.3. The molecule has 2 aromatic rings. The molecule has 0 aliphatic carbocycles. The monoisotopic (exact) mass is 329 g/mol. The fourth-order valence-electron chi connectivity index (χ4n) is 1.60. The maximum Gasteiger partial charge on any atom is 0.186 e. The van der Waals surface area contributed by atoms with Crippen molar-refractivity contribution in [1.82, 2.24) is 0 Å². The molecule has 0 radical (unpaired) electrons. The van der Waals surface area contributed by atoms with Crippen LogP contribution in [-0.2, 0) is 0 Å². The lowest BCUT2D eigenvalue weighted by Crippen LogP contribution is -2.10. The molecule has 0 aliphatic rings. The Balaban J connectivity index is 2.38. The van der Waals surface area contributed by atoms with Crippen LogP contribution in [-0.4, -0.2) is 5.78 Å². The van der Waals surface area contributed by atoms with Crippen molar-refractivity contribution in [2.75, 3.05) is 0 Å². The number of ketones is 1. The molecule has 1 aromatic carbocycles. The highest BCUT2D eigenvalue weighted by Gasteiger charge is 2.25. The quantitative estimate of drug-likeness (QED) is 0.726. The van der Waals surface area contributed by atoms with E-state index in [2.05, 4.69) is 0 Å². The first-order valence-corrected chi connectivity index (χ1v) is 7.12. The molecule has 6 heteroatoms. The van der Waals surface area contributed by atoms with Crippen LogP contribution in [0.3, 0.4) is 0 Å². The SMILES string of the molecule is N#CC(C(=O)c1cc(Cl)sc1Cl)c1ccc(Cl)cc1. The van der Waals surface area contributed by atoms with Gasteiger partial charge in [-0.3, -0.25) is 4.79 Å². The molecule has 0 fully saturated rings. The van der Waals surface area contributed by atoms with Gasteiger partial charge in [0.1, 0.15) is 10.3 Å². The zero-order valence-corrected chi connectivity index (χ0v) is 12.4. The van der Waals surface area contributed by atoms with E-state index in [1.807, 2.05) is 6.07 Å². The van der Waals surface area contributed by atoms with E-state index in [9.17, 15) is 10.1 Å². The third-order valence-electron chi connectivity index (χ3n) is 2.52. The number of halogens is 3. The van der Waals surface area contributed by atoms with Crippen molar-refractivity contribution in [2.45, 2.75) is 5.92 Å². The smallest absolute Gasteiger partial charge is 0.186 e. The van der Waals surface area contributed by atoms with Gasteiger partial charge in [-0.05, 0) is 23.8 Å². The highest BCUT2D eigenvalue weighted by Crippen LogP contribution is 2.34. The second-order valence-electron chi connectivity index (χ2n) is 3.72. The Kier molecular flexibility index (Phi) is 4.49. The summed E-state index contributed by atoms with van der Waals surface area (Å²) in [6.07, 6.45) is 0. The minimum absolute atomic E-state index is 0.276. The van der Waals surface area contributed by atoms with Crippen LogP contribution in [0.4, 0.5) is 0 Å². The number of benzene rings is 1. The molecular formula is C13H6Cl3NOS. The Labute approximate surface area is 129 Å². The minimum atomic E-state index is -0.916. The van der Waals surface area contributed by atoms with Gasteiger partial charge in [0.05, 0.1) is 16.0 Å². The topological polar surface area (TPSA) is 40.9 Å². The Morgan fingerprint density at radius 2 is 1.84 bits per heavy atom. The van der Waals surface area contributed by atoms with E-state index in [0.29, 0.717) is 19.3 Å². The number of carbonyl (C=O) groups excluding carboxylic acids is 1. The highest BCUT2D eigenvalue weighted by molar-refractivity contribution is 7.20. The number of Topliss-reactive ketones (excluding diaryl/α,β-unsaturated/α-hetero) is 1. The Hall–Kier alpha value is -1.05. The fraction of sp³-hybridized carbons (Fsp3) is 0.0769. The molecule has 0 saturated carbocycles. The lowest BCUT2D eigenvalue weighted by atomic mass is 9.93. The Bertz CT molecular complexity index is 658. The van der Waals surface area contributed by atoms with Crippen LogP contribution in [0, 0.1) is 11.3 Å². The van der Waals surface area contributed by atoms with Crippen LogP contribution in [0.2, 0.25) is 13.7 Å². The number of hydrogen-bond donors (Lipinski definition) is 0. The van der Waals surface area contributed by atoms with E-state index in [4.69, 9.17) is 34.8 Å². The zero-order chi connectivity index (χ0) is 14.0. The van der Waals surface area contributed by atoms with Gasteiger partial charge < -0.3 is 0 Å². The number of thiophene rings is 1. The molecule has 0 N–H and O–H groups in total. The normalized spacial score (nSPS) is 11.9. The summed E-state index contributed by atoms with van der Waals surface area (Å²) in [4.78, 5) is 12.3. The number of rotatable bonds is 3. The summed E-state index contributed by atoms with van der Waals surface area (Å²) in [6, 6.07) is 10.0. The van der Waals surface area contributed by atoms with Gasteiger partial charge in [-0.15, -0.1) is 11.3 Å². The predicted molar refractivity (Wildman–Crippen MR) is 78.5 cm³/mol. The number of carbonyl (C=O) groups is 1. The molecule has 19 heavy (non-hydrogen) atoms. The average molecular weight is 331 g/mol. The first-order valence-electron chi connectivity index (χ1n) is 5.17. The maximum atomic E-state index is 12.3. The molecule has 2 rings (SSSR count). The lowest BCUT2D eigenvalue weighted by molar-refractivity contribution is 0.0979. The van der Waals surface area contributed by atoms with Gasteiger partial charge in [0.25, 0.3) is 0 Å². The molecule has 1 atom stereocenters. The lowest BCUT2D eigenvalue weighted by Gasteiger charge is -2.07. The molecule has 1 unspecified atom stereocenters. The molecular weight excluding hydrogens is 325 g/mol. The number of nitriles is 1. The summed E-state index contributed by atoms with van der Waals surface area (Å²) in [5.41, 5.74) is 0.855. The van der Waals surface area contributed by atoms with Crippen LogP contribution in [0.5, 0.6) is 0 Å². The summed E-state index contributed by atoms with van der Waals surface area (Å²) in [6.45, 7) is 0. The van der Waals surface area contributed by atoms with Gasteiger partial charge in [-0.25, -0.2) is 0 Å². The van der Waals surface area contributed by atoms with E-state index < -0.39 is 5.92 Å². The van der Waals surface area contributed by atoms with Crippen molar-refractivity contribution < 1.29 is 4.79 Å². The standard InChI is InChI=1S/C13H6Cl3NOS/c14-8-3-1-7(2-4-8)10(6-17)12(18)9-5-11(15)19-13(9)16/h1-5,10H. The number of hydrogen-bond acceptors (Lipinski definition) is 3. The number of nitrogens with zero attached hydrogens (tertiary/aromatic N) is 1. The predicted octanol–water partition coefficient (Wildman–Crippen LogP) is 5.20. The summed E-state index contributed by atoms with van der Waals surface area (Å²) in [7, 11) is 0. The summed E-state index contributed by atoms with van der Waals surface area (Å²) < 4.78 is 0.713. The Morgan fingerprint density at radius 3 is 2.32 bits per heavy atom. The van der Waals surface area contributed by atoms with E-state index in [1.165, 1.54) is 6.07 Å². The molecule has 96 valence electrons. The molecule has 2 nitrogen and oxygen atoms in total. The van der Waals surface area contributed by atoms with Crippen LogP contribution in [0.15, 0.2) is 30.3 Å². The second kappa shape index (κ2) is 5.94. The summed E-state index contributed by atoms with van der Waals surface area (Å²) >= 11 is 18.6. The average Bonchev–Trinajstić information content (AvgIpc) is 2.71. The van der Waals surface area contributed by atoms with Gasteiger partial charge in [0, 0.05) is 5.02 Å². The summed E-state index contributed by atoms with van der Waals surface area (Å²) in [5, 5.41) is 9.75. The minimum Gasteiger partial charge on any atom is -0.292 e. The van der Waals surface area contributed by atoms with E-state index in [1.54, 1.807) is 24.3 Å². The van der Waals surface area contributed by atoms with Crippen molar-refractivity contribution in [2.24, 2.45) is 0 Å². The van der Waals surface area contributed by atoms with Gasteiger partial charge >= 0.3 is 0 Å². The Morgan fingerprint density at radius 1 is 1.21 bits per heavy atom. The molecule has 0 saturated heterocycles. The van der Waals surface area contributed by atoms with Gasteiger partial charge in [0.2, 0.25) is 0 Å². The molecule has 1 aromatic heterocycles. The van der Waals surface area contributed by atoms with E-state index in [-0.39, 0.29) is 11.3 Å².